The zero-order chi connectivity index (χ0) is 9.07. The molecule has 0 saturated carbocycles. The maximum atomic E-state index is 10.1. The molecule has 0 heterocycles. The second kappa shape index (κ2) is 4.61. The molecular weight excluding hydrogens is 234 g/mol. The van der Waals surface area contributed by atoms with Gasteiger partial charge in [0.05, 0.1) is 6.42 Å². The average Bonchev–Trinajstić information content (AvgIpc) is 1.53. The molecule has 0 atom stereocenters. The van der Waals surface area contributed by atoms with Crippen molar-refractivity contribution in [2.24, 2.45) is 0 Å². The Kier molecular flexibility index (Phi) is 4.87. The van der Waals surface area contributed by atoms with E-state index < -0.39 is 15.1 Å². The van der Waals surface area contributed by atoms with E-state index in [2.05, 4.69) is 0 Å². The lowest BCUT2D eigenvalue weighted by molar-refractivity contribution is -0.137. The summed E-state index contributed by atoms with van der Waals surface area (Å²) >= 11 is 21.8. The Balaban J connectivity index is 3.89. The van der Waals surface area contributed by atoms with Crippen LogP contribution in [0.3, 0.4) is 0 Å². The number of hydrogen-bond donors (Lipinski definition) is 1. The first-order valence-corrected chi connectivity index (χ1v) is 4.34. The van der Waals surface area contributed by atoms with Crippen molar-refractivity contribution in [1.82, 2.24) is 0 Å². The highest BCUT2D eigenvalue weighted by Crippen LogP contribution is 2.33. The zero-order valence-corrected chi connectivity index (χ0v) is 8.38. The van der Waals surface area contributed by atoms with Crippen molar-refractivity contribution in [3.8, 4) is 0 Å². The summed E-state index contributed by atoms with van der Waals surface area (Å²) in [5.41, 5.74) is 0. The predicted molar refractivity (Wildman–Crippen MR) is 46.8 cm³/mol. The van der Waals surface area contributed by atoms with E-state index in [0.29, 0.717) is 0 Å². The molecule has 0 aliphatic carbocycles. The Morgan fingerprint density at radius 1 is 1.45 bits per heavy atom. The Morgan fingerprint density at radius 3 is 2.18 bits per heavy atom. The van der Waals surface area contributed by atoms with Crippen LogP contribution in [-0.2, 0) is 4.79 Å². The second-order valence-electron chi connectivity index (χ2n) is 2.02. The molecule has 0 aromatic carbocycles. The van der Waals surface area contributed by atoms with Gasteiger partial charge in [0.15, 0.2) is 0 Å². The standard InChI is InChI=1S/C5H6Cl4O2/c6-3(7)1-5(8,9)2-4(10)11/h3H,1-2H2,(H,10,11). The number of carboxylic acids is 1. The highest BCUT2D eigenvalue weighted by atomic mass is 35.5. The summed E-state index contributed by atoms with van der Waals surface area (Å²) in [6.07, 6.45) is -0.336. The minimum Gasteiger partial charge on any atom is -0.481 e. The van der Waals surface area contributed by atoms with Crippen molar-refractivity contribution in [3.05, 3.63) is 0 Å². The molecule has 6 heteroatoms. The van der Waals surface area contributed by atoms with Crippen molar-refractivity contribution in [2.75, 3.05) is 0 Å². The Morgan fingerprint density at radius 2 is 1.91 bits per heavy atom. The predicted octanol–water partition coefficient (Wildman–Crippen LogP) is 2.83. The van der Waals surface area contributed by atoms with Gasteiger partial charge in [0, 0.05) is 6.42 Å². The topological polar surface area (TPSA) is 37.3 Å². The molecule has 0 amide bonds. The summed E-state index contributed by atoms with van der Waals surface area (Å²) in [5.74, 6) is -1.08. The van der Waals surface area contributed by atoms with Gasteiger partial charge in [-0.2, -0.15) is 0 Å². The molecule has 11 heavy (non-hydrogen) atoms. The molecule has 0 aromatic rings. The normalized spacial score (nSPS) is 12.1. The van der Waals surface area contributed by atoms with Gasteiger partial charge >= 0.3 is 5.97 Å². The van der Waals surface area contributed by atoms with Crippen LogP contribution >= 0.6 is 46.4 Å². The van der Waals surface area contributed by atoms with Crippen molar-refractivity contribution in [1.29, 1.82) is 0 Å². The molecule has 0 aliphatic rings. The van der Waals surface area contributed by atoms with Crippen LogP contribution in [0.1, 0.15) is 12.8 Å². The van der Waals surface area contributed by atoms with Crippen LogP contribution in [0, 0.1) is 0 Å². The Labute approximate surface area is 84.4 Å². The summed E-state index contributed by atoms with van der Waals surface area (Å²) in [6.45, 7) is 0. The molecule has 0 unspecified atom stereocenters. The number of halogens is 4. The fraction of sp³-hybridized carbons (Fsp3) is 0.800. The van der Waals surface area contributed by atoms with E-state index in [1.807, 2.05) is 0 Å². The van der Waals surface area contributed by atoms with Crippen LogP contribution in [0.2, 0.25) is 0 Å². The van der Waals surface area contributed by atoms with E-state index in [0.717, 1.165) is 0 Å². The van der Waals surface area contributed by atoms with Crippen LogP contribution in [0.5, 0.6) is 0 Å². The lowest BCUT2D eigenvalue weighted by atomic mass is 10.2. The van der Waals surface area contributed by atoms with Crippen molar-refractivity contribution in [3.63, 3.8) is 0 Å². The smallest absolute Gasteiger partial charge is 0.306 e. The van der Waals surface area contributed by atoms with Gasteiger partial charge < -0.3 is 5.11 Å². The molecule has 0 aliphatic heterocycles. The van der Waals surface area contributed by atoms with Crippen LogP contribution in [0.25, 0.3) is 0 Å². The molecule has 1 N–H and O–H groups in total. The molecule has 2 nitrogen and oxygen atoms in total. The number of hydrogen-bond acceptors (Lipinski definition) is 1. The van der Waals surface area contributed by atoms with Gasteiger partial charge in [-0.3, -0.25) is 4.79 Å². The molecule has 0 radical (unpaired) electrons. The highest BCUT2D eigenvalue weighted by molar-refractivity contribution is 6.51. The van der Waals surface area contributed by atoms with Gasteiger partial charge in [-0.15, -0.1) is 46.4 Å². The molecule has 0 aromatic heterocycles. The zero-order valence-electron chi connectivity index (χ0n) is 5.36. The van der Waals surface area contributed by atoms with E-state index in [-0.39, 0.29) is 12.8 Å². The summed E-state index contributed by atoms with van der Waals surface area (Å²) in [4.78, 5) is 9.40. The molecule has 66 valence electrons. The SMILES string of the molecule is O=C(O)CC(Cl)(Cl)CC(Cl)Cl. The summed E-state index contributed by atoms with van der Waals surface area (Å²) in [5, 5.41) is 8.31. The third-order valence-corrected chi connectivity index (χ3v) is 1.75. The van der Waals surface area contributed by atoms with Gasteiger partial charge in [-0.1, -0.05) is 0 Å². The second-order valence-corrected chi connectivity index (χ2v) is 4.94. The van der Waals surface area contributed by atoms with Crippen molar-refractivity contribution in [2.45, 2.75) is 22.0 Å². The van der Waals surface area contributed by atoms with Crippen LogP contribution in [0.4, 0.5) is 0 Å². The average molecular weight is 240 g/mol. The van der Waals surface area contributed by atoms with Gasteiger partial charge in [-0.05, 0) is 0 Å². The Bertz CT molecular complexity index is 145. The quantitative estimate of drug-likeness (QED) is 0.767. The summed E-state index contributed by atoms with van der Waals surface area (Å²) < 4.78 is -1.38. The minimum atomic E-state index is -1.38. The molecule has 0 bridgehead atoms. The Hall–Kier alpha value is 0.630. The number of carbonyl (C=O) groups is 1. The fourth-order valence-electron chi connectivity index (χ4n) is 0.519. The largest absolute Gasteiger partial charge is 0.481 e. The lowest BCUT2D eigenvalue weighted by Crippen LogP contribution is -2.20. The number of rotatable bonds is 4. The van der Waals surface area contributed by atoms with Crippen molar-refractivity contribution >= 4 is 52.4 Å². The first-order chi connectivity index (χ1) is 4.83. The molecule has 0 spiro atoms. The maximum absolute atomic E-state index is 10.1. The first kappa shape index (κ1) is 11.6. The summed E-state index contributed by atoms with van der Waals surface area (Å²) in [6, 6.07) is 0. The van der Waals surface area contributed by atoms with E-state index >= 15 is 0 Å². The van der Waals surface area contributed by atoms with Crippen molar-refractivity contribution < 1.29 is 9.90 Å². The molecule has 0 rings (SSSR count). The van der Waals surface area contributed by atoms with Crippen LogP contribution in [0.15, 0.2) is 0 Å². The minimum absolute atomic E-state index is 0.0333. The number of carboxylic acid groups (broad SMARTS) is 1. The molecule has 0 fully saturated rings. The molecule has 0 saturated heterocycles. The third-order valence-electron chi connectivity index (χ3n) is 0.863. The number of alkyl halides is 4. The van der Waals surface area contributed by atoms with E-state index in [9.17, 15) is 4.79 Å². The van der Waals surface area contributed by atoms with E-state index in [1.165, 1.54) is 0 Å². The van der Waals surface area contributed by atoms with Crippen LogP contribution < -0.4 is 0 Å². The van der Waals surface area contributed by atoms with E-state index in [1.54, 1.807) is 0 Å². The van der Waals surface area contributed by atoms with Gasteiger partial charge in [0.2, 0.25) is 0 Å². The molecular formula is C5H6Cl4O2. The van der Waals surface area contributed by atoms with Gasteiger partial charge in [0.1, 0.15) is 9.17 Å². The monoisotopic (exact) mass is 238 g/mol. The van der Waals surface area contributed by atoms with Gasteiger partial charge in [0.25, 0.3) is 0 Å². The third kappa shape index (κ3) is 7.01. The number of aliphatic carboxylic acids is 1. The van der Waals surface area contributed by atoms with Gasteiger partial charge in [-0.25, -0.2) is 0 Å². The fourth-order valence-corrected chi connectivity index (χ4v) is 1.90. The van der Waals surface area contributed by atoms with E-state index in [4.69, 9.17) is 51.5 Å². The first-order valence-electron chi connectivity index (χ1n) is 2.71. The highest BCUT2D eigenvalue weighted by Gasteiger charge is 2.29. The summed E-state index contributed by atoms with van der Waals surface area (Å²) in [7, 11) is 0. The lowest BCUT2D eigenvalue weighted by Gasteiger charge is -2.16. The van der Waals surface area contributed by atoms with Crippen LogP contribution in [-0.4, -0.2) is 20.2 Å². The maximum Gasteiger partial charge on any atom is 0.306 e.